The summed E-state index contributed by atoms with van der Waals surface area (Å²) >= 11 is 10.8. The molecule has 0 fully saturated rings. The molecule has 0 saturated heterocycles. The SMILES string of the molecule is O=C(O)C(=O)c1ncc(Cl)nc1Cl. The summed E-state index contributed by atoms with van der Waals surface area (Å²) in [6, 6.07) is 0. The highest BCUT2D eigenvalue weighted by molar-refractivity contribution is 6.44. The average Bonchev–Trinajstić information content (AvgIpc) is 2.03. The van der Waals surface area contributed by atoms with Gasteiger partial charge in [-0.15, -0.1) is 0 Å². The number of carboxylic acids is 1. The maximum Gasteiger partial charge on any atom is 0.379 e. The van der Waals surface area contributed by atoms with Crippen LogP contribution in [0.1, 0.15) is 10.5 Å². The molecule has 0 aliphatic heterocycles. The summed E-state index contributed by atoms with van der Waals surface area (Å²) in [5, 5.41) is 7.99. The van der Waals surface area contributed by atoms with E-state index in [1.165, 1.54) is 0 Å². The zero-order valence-corrected chi connectivity index (χ0v) is 7.50. The number of nitrogens with zero attached hydrogens (tertiary/aromatic N) is 2. The summed E-state index contributed by atoms with van der Waals surface area (Å²) < 4.78 is 0. The summed E-state index contributed by atoms with van der Waals surface area (Å²) in [5.41, 5.74) is -0.418. The molecule has 1 rings (SSSR count). The van der Waals surface area contributed by atoms with Gasteiger partial charge in [-0.25, -0.2) is 14.8 Å². The Kier molecular flexibility index (Phi) is 2.79. The standard InChI is InChI=1S/C6H2Cl2N2O3/c7-2-1-9-3(5(8)10-2)4(11)6(12)13/h1H,(H,12,13). The van der Waals surface area contributed by atoms with Crippen molar-refractivity contribution in [3.63, 3.8) is 0 Å². The molecule has 1 aromatic heterocycles. The van der Waals surface area contributed by atoms with Gasteiger partial charge in [-0.2, -0.15) is 0 Å². The van der Waals surface area contributed by atoms with E-state index in [1.54, 1.807) is 0 Å². The van der Waals surface area contributed by atoms with E-state index in [0.717, 1.165) is 6.20 Å². The van der Waals surface area contributed by atoms with Crippen LogP contribution >= 0.6 is 23.2 Å². The third-order valence-electron chi connectivity index (χ3n) is 1.11. The fraction of sp³-hybridized carbons (Fsp3) is 0. The van der Waals surface area contributed by atoms with E-state index in [1.807, 2.05) is 0 Å². The van der Waals surface area contributed by atoms with Gasteiger partial charge < -0.3 is 5.11 Å². The second kappa shape index (κ2) is 3.68. The fourth-order valence-corrected chi connectivity index (χ4v) is 1.00. The Morgan fingerprint density at radius 1 is 1.38 bits per heavy atom. The van der Waals surface area contributed by atoms with Gasteiger partial charge >= 0.3 is 5.97 Å². The van der Waals surface area contributed by atoms with Crippen molar-refractivity contribution < 1.29 is 14.7 Å². The molecular weight excluding hydrogens is 219 g/mol. The number of aliphatic carboxylic acids is 1. The van der Waals surface area contributed by atoms with Gasteiger partial charge in [-0.1, -0.05) is 23.2 Å². The van der Waals surface area contributed by atoms with Gasteiger partial charge in [0.25, 0.3) is 5.78 Å². The molecule has 0 unspecified atom stereocenters. The Balaban J connectivity index is 3.16. The number of hydrogen-bond acceptors (Lipinski definition) is 4. The van der Waals surface area contributed by atoms with E-state index >= 15 is 0 Å². The van der Waals surface area contributed by atoms with Crippen LogP contribution in [-0.4, -0.2) is 26.8 Å². The average molecular weight is 221 g/mol. The molecule has 0 radical (unpaired) electrons. The molecule has 0 aliphatic rings. The molecule has 0 amide bonds. The molecule has 0 aliphatic carbocycles. The predicted molar refractivity (Wildman–Crippen MR) is 44.0 cm³/mol. The lowest BCUT2D eigenvalue weighted by Crippen LogP contribution is -2.15. The Labute approximate surface area is 82.3 Å². The van der Waals surface area contributed by atoms with Crippen molar-refractivity contribution in [2.24, 2.45) is 0 Å². The summed E-state index contributed by atoms with van der Waals surface area (Å²) in [7, 11) is 0. The van der Waals surface area contributed by atoms with E-state index in [2.05, 4.69) is 9.97 Å². The number of Topliss-reactive ketones (excluding diaryl/α,β-unsaturated/α-hetero) is 1. The Morgan fingerprint density at radius 2 is 2.00 bits per heavy atom. The molecule has 1 N–H and O–H groups in total. The number of halogens is 2. The lowest BCUT2D eigenvalue weighted by Gasteiger charge is -1.97. The van der Waals surface area contributed by atoms with Crippen LogP contribution in [-0.2, 0) is 4.79 Å². The Morgan fingerprint density at radius 3 is 2.46 bits per heavy atom. The van der Waals surface area contributed by atoms with Crippen molar-refractivity contribution in [3.8, 4) is 0 Å². The first-order valence-electron chi connectivity index (χ1n) is 2.98. The second-order valence-electron chi connectivity index (χ2n) is 1.97. The van der Waals surface area contributed by atoms with Gasteiger partial charge in [0.05, 0.1) is 6.20 Å². The highest BCUT2D eigenvalue weighted by Gasteiger charge is 2.20. The number of carbonyl (C=O) groups excluding carboxylic acids is 1. The summed E-state index contributed by atoms with van der Waals surface area (Å²) in [5.74, 6) is -2.85. The monoisotopic (exact) mass is 220 g/mol. The maximum atomic E-state index is 10.8. The van der Waals surface area contributed by atoms with E-state index in [-0.39, 0.29) is 10.3 Å². The largest absolute Gasteiger partial charge is 0.475 e. The third kappa shape index (κ3) is 2.13. The van der Waals surface area contributed by atoms with Crippen LogP contribution in [0.2, 0.25) is 10.3 Å². The number of ketones is 1. The Hall–Kier alpha value is -1.20. The molecule has 0 atom stereocenters. The number of rotatable bonds is 2. The number of carbonyl (C=O) groups is 2. The van der Waals surface area contributed by atoms with Gasteiger partial charge in [0.15, 0.2) is 10.8 Å². The quantitative estimate of drug-likeness (QED) is 0.596. The first-order valence-corrected chi connectivity index (χ1v) is 3.73. The molecular formula is C6H2Cl2N2O3. The molecule has 13 heavy (non-hydrogen) atoms. The molecule has 1 heterocycles. The van der Waals surface area contributed by atoms with Gasteiger partial charge in [0.2, 0.25) is 0 Å². The highest BCUT2D eigenvalue weighted by Crippen LogP contribution is 2.13. The molecule has 0 spiro atoms. The molecule has 7 heteroatoms. The smallest absolute Gasteiger partial charge is 0.379 e. The van der Waals surface area contributed by atoms with Crippen LogP contribution in [0.4, 0.5) is 0 Å². The van der Waals surface area contributed by atoms with E-state index in [0.29, 0.717) is 0 Å². The molecule has 0 aromatic carbocycles. The number of hydrogen-bond donors (Lipinski definition) is 1. The van der Waals surface area contributed by atoms with Crippen molar-refractivity contribution in [1.29, 1.82) is 0 Å². The topological polar surface area (TPSA) is 80.1 Å². The first-order chi connectivity index (χ1) is 6.02. The summed E-state index contributed by atoms with van der Waals surface area (Å²) in [6.07, 6.45) is 1.05. The van der Waals surface area contributed by atoms with E-state index in [4.69, 9.17) is 28.3 Å². The highest BCUT2D eigenvalue weighted by atomic mass is 35.5. The van der Waals surface area contributed by atoms with Crippen molar-refractivity contribution in [2.45, 2.75) is 0 Å². The van der Waals surface area contributed by atoms with Gasteiger partial charge in [0.1, 0.15) is 5.15 Å². The molecule has 1 aromatic rings. The van der Waals surface area contributed by atoms with Crippen LogP contribution in [0.5, 0.6) is 0 Å². The summed E-state index contributed by atoms with van der Waals surface area (Å²) in [4.78, 5) is 28.0. The van der Waals surface area contributed by atoms with Gasteiger partial charge in [0, 0.05) is 0 Å². The van der Waals surface area contributed by atoms with Crippen molar-refractivity contribution in [1.82, 2.24) is 9.97 Å². The van der Waals surface area contributed by atoms with Gasteiger partial charge in [-0.05, 0) is 0 Å². The van der Waals surface area contributed by atoms with Crippen molar-refractivity contribution in [3.05, 3.63) is 22.2 Å². The van der Waals surface area contributed by atoms with E-state index in [9.17, 15) is 9.59 Å². The Bertz CT molecular complexity index is 380. The number of aromatic nitrogens is 2. The normalized spacial score (nSPS) is 9.69. The van der Waals surface area contributed by atoms with Crippen LogP contribution in [0, 0.1) is 0 Å². The lowest BCUT2D eigenvalue weighted by atomic mass is 10.3. The lowest BCUT2D eigenvalue weighted by molar-refractivity contribution is -0.131. The second-order valence-corrected chi connectivity index (χ2v) is 2.71. The van der Waals surface area contributed by atoms with Crippen molar-refractivity contribution >= 4 is 35.0 Å². The summed E-state index contributed by atoms with van der Waals surface area (Å²) in [6.45, 7) is 0. The minimum Gasteiger partial charge on any atom is -0.475 e. The van der Waals surface area contributed by atoms with Crippen LogP contribution in [0.15, 0.2) is 6.20 Å². The van der Waals surface area contributed by atoms with Crippen molar-refractivity contribution in [2.75, 3.05) is 0 Å². The first kappa shape index (κ1) is 9.88. The van der Waals surface area contributed by atoms with Crippen LogP contribution in [0.25, 0.3) is 0 Å². The zero-order chi connectivity index (χ0) is 10.0. The number of carboxylic acid groups (broad SMARTS) is 1. The molecule has 68 valence electrons. The van der Waals surface area contributed by atoms with Crippen LogP contribution in [0.3, 0.4) is 0 Å². The fourth-order valence-electron chi connectivity index (χ4n) is 0.600. The molecule has 0 saturated carbocycles. The minimum absolute atomic E-state index is 0.00746. The van der Waals surface area contributed by atoms with Gasteiger partial charge in [-0.3, -0.25) is 4.79 Å². The maximum absolute atomic E-state index is 10.8. The van der Waals surface area contributed by atoms with E-state index < -0.39 is 17.4 Å². The molecule has 5 nitrogen and oxygen atoms in total. The zero-order valence-electron chi connectivity index (χ0n) is 5.99. The minimum atomic E-state index is -1.64. The molecule has 0 bridgehead atoms. The predicted octanol–water partition coefficient (Wildman–Crippen LogP) is 1.05. The van der Waals surface area contributed by atoms with Crippen LogP contribution < -0.4 is 0 Å². The third-order valence-corrected chi connectivity index (χ3v) is 1.56.